The molecule has 1 aliphatic carbocycles. The van der Waals surface area contributed by atoms with Crippen molar-refractivity contribution < 1.29 is 5.11 Å². The molecule has 1 saturated carbocycles. The van der Waals surface area contributed by atoms with Gasteiger partial charge >= 0.3 is 0 Å². The van der Waals surface area contributed by atoms with Gasteiger partial charge in [0.15, 0.2) is 0 Å². The highest BCUT2D eigenvalue weighted by Crippen LogP contribution is 2.40. The molecule has 1 heterocycles. The Morgan fingerprint density at radius 3 is 2.92 bits per heavy atom. The zero-order chi connectivity index (χ0) is 9.47. The number of hydrogen-bond donors (Lipinski definition) is 2. The Morgan fingerprint density at radius 1 is 1.77 bits per heavy atom. The Hall–Kier alpha value is -0.450. The van der Waals surface area contributed by atoms with Gasteiger partial charge in [0.25, 0.3) is 0 Å². The Morgan fingerprint density at radius 2 is 2.46 bits per heavy atom. The summed E-state index contributed by atoms with van der Waals surface area (Å²) in [6.45, 7) is 1.98. The van der Waals surface area contributed by atoms with E-state index in [-0.39, 0.29) is 5.54 Å². The molecule has 2 rings (SSSR count). The van der Waals surface area contributed by atoms with Crippen LogP contribution >= 0.6 is 11.3 Å². The predicted octanol–water partition coefficient (Wildman–Crippen LogP) is 1.37. The minimum atomic E-state index is -0.473. The smallest absolute Gasteiger partial charge is 0.0988 e. The van der Waals surface area contributed by atoms with Crippen LogP contribution in [0.3, 0.4) is 0 Å². The maximum absolute atomic E-state index is 9.83. The van der Waals surface area contributed by atoms with E-state index in [2.05, 4.69) is 4.98 Å². The lowest BCUT2D eigenvalue weighted by Crippen LogP contribution is -2.24. The lowest BCUT2D eigenvalue weighted by Gasteiger charge is -2.13. The maximum Gasteiger partial charge on any atom is 0.0988 e. The van der Waals surface area contributed by atoms with Gasteiger partial charge in [-0.3, -0.25) is 0 Å². The molecule has 1 atom stereocenters. The second kappa shape index (κ2) is 3.04. The molecule has 72 valence electrons. The summed E-state index contributed by atoms with van der Waals surface area (Å²) >= 11 is 1.57. The average molecular weight is 198 g/mol. The fraction of sp³-hybridized carbons (Fsp3) is 0.667. The summed E-state index contributed by atoms with van der Waals surface area (Å²) in [6, 6.07) is 0. The van der Waals surface area contributed by atoms with Crippen LogP contribution in [0.1, 0.15) is 35.9 Å². The zero-order valence-electron chi connectivity index (χ0n) is 7.66. The molecule has 4 heteroatoms. The molecule has 0 saturated heterocycles. The monoisotopic (exact) mass is 198 g/mol. The molecule has 0 aromatic carbocycles. The number of aromatic nitrogens is 1. The lowest BCUT2D eigenvalue weighted by molar-refractivity contribution is 0.150. The summed E-state index contributed by atoms with van der Waals surface area (Å²) in [7, 11) is 0. The Bertz CT molecular complexity index is 306. The molecule has 13 heavy (non-hydrogen) atoms. The van der Waals surface area contributed by atoms with Crippen molar-refractivity contribution >= 4 is 11.3 Å². The van der Waals surface area contributed by atoms with Gasteiger partial charge in [-0.25, -0.2) is 4.98 Å². The number of thiazole rings is 1. The number of rotatable bonds is 3. The number of hydrogen-bond acceptors (Lipinski definition) is 4. The number of nitrogens with two attached hydrogens (primary N) is 1. The van der Waals surface area contributed by atoms with Gasteiger partial charge in [0.05, 0.1) is 17.3 Å². The van der Waals surface area contributed by atoms with Gasteiger partial charge < -0.3 is 10.8 Å². The third kappa shape index (κ3) is 1.90. The van der Waals surface area contributed by atoms with Crippen molar-refractivity contribution in [2.75, 3.05) is 0 Å². The zero-order valence-corrected chi connectivity index (χ0v) is 8.47. The first-order valence-corrected chi connectivity index (χ1v) is 5.36. The van der Waals surface area contributed by atoms with Crippen molar-refractivity contribution in [3.8, 4) is 0 Å². The van der Waals surface area contributed by atoms with Crippen molar-refractivity contribution in [1.82, 2.24) is 4.98 Å². The Kier molecular flexibility index (Phi) is 2.14. The van der Waals surface area contributed by atoms with Crippen molar-refractivity contribution in [2.45, 2.75) is 37.8 Å². The molecule has 1 aliphatic rings. The molecule has 1 aromatic rings. The quantitative estimate of drug-likeness (QED) is 0.771. The van der Waals surface area contributed by atoms with Crippen LogP contribution in [0.2, 0.25) is 0 Å². The van der Waals surface area contributed by atoms with Gasteiger partial charge in [-0.2, -0.15) is 0 Å². The molecule has 3 N–H and O–H groups in total. The molecule has 1 aromatic heterocycles. The number of nitrogens with zero attached hydrogens (tertiary/aromatic N) is 1. The van der Waals surface area contributed by atoms with Gasteiger partial charge in [0, 0.05) is 10.4 Å². The molecular formula is C9H14N2OS. The summed E-state index contributed by atoms with van der Waals surface area (Å²) in [5.41, 5.74) is 8.39. The first-order chi connectivity index (χ1) is 6.11. The standard InChI is InChI=1S/C9H14N2OS/c1-6-8(11-5-13-6)7(12)4-9(10)2-3-9/h5,7,12H,2-4,10H2,1H3. The van der Waals surface area contributed by atoms with Gasteiger partial charge in [0.1, 0.15) is 0 Å². The molecular weight excluding hydrogens is 184 g/mol. The molecule has 0 radical (unpaired) electrons. The van der Waals surface area contributed by atoms with Gasteiger partial charge in [-0.1, -0.05) is 0 Å². The molecule has 0 amide bonds. The summed E-state index contributed by atoms with van der Waals surface area (Å²) in [5.74, 6) is 0. The highest BCUT2D eigenvalue weighted by molar-refractivity contribution is 7.09. The van der Waals surface area contributed by atoms with E-state index < -0.39 is 6.10 Å². The molecule has 1 unspecified atom stereocenters. The number of aryl methyl sites for hydroxylation is 1. The normalized spacial score (nSPS) is 21.5. The van der Waals surface area contributed by atoms with Crippen LogP contribution in [0.4, 0.5) is 0 Å². The highest BCUT2D eigenvalue weighted by Gasteiger charge is 2.40. The van der Waals surface area contributed by atoms with Gasteiger partial charge in [0.2, 0.25) is 0 Å². The van der Waals surface area contributed by atoms with Crippen molar-refractivity contribution in [1.29, 1.82) is 0 Å². The van der Waals surface area contributed by atoms with Crippen LogP contribution in [-0.2, 0) is 0 Å². The second-order valence-electron chi connectivity index (χ2n) is 3.88. The van der Waals surface area contributed by atoms with Gasteiger partial charge in [-0.05, 0) is 26.2 Å². The summed E-state index contributed by atoms with van der Waals surface area (Å²) in [5, 5.41) is 9.83. The first-order valence-electron chi connectivity index (χ1n) is 4.48. The van der Waals surface area contributed by atoms with Crippen LogP contribution in [-0.4, -0.2) is 15.6 Å². The van der Waals surface area contributed by atoms with Crippen molar-refractivity contribution in [3.05, 3.63) is 16.1 Å². The van der Waals surface area contributed by atoms with Crippen molar-refractivity contribution in [2.24, 2.45) is 5.73 Å². The summed E-state index contributed by atoms with van der Waals surface area (Å²) < 4.78 is 0. The third-order valence-corrected chi connectivity index (χ3v) is 3.36. The first kappa shape index (κ1) is 9.12. The van der Waals surface area contributed by atoms with E-state index in [1.807, 2.05) is 6.92 Å². The van der Waals surface area contributed by atoms with Crippen LogP contribution in [0, 0.1) is 6.92 Å². The average Bonchev–Trinajstić information content (AvgIpc) is 2.63. The van der Waals surface area contributed by atoms with E-state index in [1.165, 1.54) is 0 Å². The van der Waals surface area contributed by atoms with E-state index in [0.29, 0.717) is 6.42 Å². The fourth-order valence-corrected chi connectivity index (χ4v) is 2.11. The minimum absolute atomic E-state index is 0.102. The van der Waals surface area contributed by atoms with E-state index in [4.69, 9.17) is 5.73 Å². The SMILES string of the molecule is Cc1scnc1C(O)CC1(N)CC1. The topological polar surface area (TPSA) is 59.1 Å². The van der Waals surface area contributed by atoms with E-state index in [9.17, 15) is 5.11 Å². The van der Waals surface area contributed by atoms with Crippen LogP contribution in [0.5, 0.6) is 0 Å². The number of aliphatic hydroxyl groups excluding tert-OH is 1. The summed E-state index contributed by atoms with van der Waals surface area (Å²) in [4.78, 5) is 5.23. The molecule has 0 spiro atoms. The van der Waals surface area contributed by atoms with Crippen LogP contribution in [0.25, 0.3) is 0 Å². The summed E-state index contributed by atoms with van der Waals surface area (Å²) in [6.07, 6.45) is 2.25. The molecule has 0 aliphatic heterocycles. The molecule has 3 nitrogen and oxygen atoms in total. The Balaban J connectivity index is 2.05. The highest BCUT2D eigenvalue weighted by atomic mass is 32.1. The fourth-order valence-electron chi connectivity index (χ4n) is 1.48. The van der Waals surface area contributed by atoms with E-state index in [0.717, 1.165) is 23.4 Å². The number of aliphatic hydroxyl groups is 1. The second-order valence-corrected chi connectivity index (χ2v) is 4.93. The Labute approximate surface area is 81.6 Å². The molecule has 1 fully saturated rings. The molecule has 0 bridgehead atoms. The van der Waals surface area contributed by atoms with Crippen LogP contribution < -0.4 is 5.73 Å². The van der Waals surface area contributed by atoms with Crippen LogP contribution in [0.15, 0.2) is 5.51 Å². The van der Waals surface area contributed by atoms with Crippen molar-refractivity contribution in [3.63, 3.8) is 0 Å². The van der Waals surface area contributed by atoms with Gasteiger partial charge in [-0.15, -0.1) is 11.3 Å². The lowest BCUT2D eigenvalue weighted by atomic mass is 10.1. The maximum atomic E-state index is 9.83. The predicted molar refractivity (Wildman–Crippen MR) is 52.6 cm³/mol. The van der Waals surface area contributed by atoms with E-state index >= 15 is 0 Å². The largest absolute Gasteiger partial charge is 0.387 e. The minimum Gasteiger partial charge on any atom is -0.387 e. The van der Waals surface area contributed by atoms with E-state index in [1.54, 1.807) is 16.8 Å². The third-order valence-electron chi connectivity index (χ3n) is 2.59.